The number of aromatic amines is 1. The van der Waals surface area contributed by atoms with Crippen LogP contribution < -0.4 is 5.32 Å². The maximum atomic E-state index is 3.43. The topological polar surface area (TPSA) is 27.8 Å². The quantitative estimate of drug-likeness (QED) is 0.859. The third kappa shape index (κ3) is 2.39. The summed E-state index contributed by atoms with van der Waals surface area (Å²) in [6.07, 6.45) is 3.92. The zero-order valence-electron chi connectivity index (χ0n) is 7.63. The fraction of sp³-hybridized carbons (Fsp3) is 0.0909. The second-order valence-electron chi connectivity index (χ2n) is 3.08. The van der Waals surface area contributed by atoms with Crippen LogP contribution in [0.15, 0.2) is 47.2 Å². The number of H-pyrrole nitrogens is 1. The summed E-state index contributed by atoms with van der Waals surface area (Å²) in [6.45, 7) is 0.847. The summed E-state index contributed by atoms with van der Waals surface area (Å²) in [6, 6.07) is 10.2. The van der Waals surface area contributed by atoms with E-state index in [1.165, 1.54) is 5.56 Å². The third-order valence-corrected chi connectivity index (χ3v) is 2.48. The van der Waals surface area contributed by atoms with Gasteiger partial charge in [-0.15, -0.1) is 0 Å². The molecule has 2 rings (SSSR count). The van der Waals surface area contributed by atoms with E-state index in [0.717, 1.165) is 16.7 Å². The summed E-state index contributed by atoms with van der Waals surface area (Å²) in [5, 5.41) is 3.34. The number of hydrogen-bond acceptors (Lipinski definition) is 1. The van der Waals surface area contributed by atoms with Crippen molar-refractivity contribution in [3.63, 3.8) is 0 Å². The zero-order chi connectivity index (χ0) is 9.80. The Hall–Kier alpha value is -1.22. The highest BCUT2D eigenvalue weighted by Gasteiger charge is 1.94. The molecule has 0 saturated heterocycles. The van der Waals surface area contributed by atoms with Crippen LogP contribution in [-0.2, 0) is 6.54 Å². The number of rotatable bonds is 3. The van der Waals surface area contributed by atoms with E-state index in [-0.39, 0.29) is 0 Å². The van der Waals surface area contributed by atoms with Crippen LogP contribution in [0.2, 0.25) is 0 Å². The molecule has 72 valence electrons. The lowest BCUT2D eigenvalue weighted by molar-refractivity contribution is 1.15. The molecule has 2 nitrogen and oxygen atoms in total. The SMILES string of the molecule is Brc1cccc(NCc2cc[nH]c2)c1. The molecule has 0 aliphatic carbocycles. The Morgan fingerprint density at radius 2 is 2.21 bits per heavy atom. The smallest absolute Gasteiger partial charge is 0.0415 e. The van der Waals surface area contributed by atoms with Crippen molar-refractivity contribution in [2.75, 3.05) is 5.32 Å². The first-order chi connectivity index (χ1) is 6.84. The fourth-order valence-corrected chi connectivity index (χ4v) is 1.67. The van der Waals surface area contributed by atoms with Crippen LogP contribution in [0.25, 0.3) is 0 Å². The van der Waals surface area contributed by atoms with Crippen LogP contribution in [0.5, 0.6) is 0 Å². The molecule has 14 heavy (non-hydrogen) atoms. The number of anilines is 1. The summed E-state index contributed by atoms with van der Waals surface area (Å²) < 4.78 is 1.09. The van der Waals surface area contributed by atoms with Crippen LogP contribution in [0.3, 0.4) is 0 Å². The van der Waals surface area contributed by atoms with Gasteiger partial charge in [0.1, 0.15) is 0 Å². The first-order valence-corrected chi connectivity index (χ1v) is 5.25. The molecular formula is C11H11BrN2. The van der Waals surface area contributed by atoms with Gasteiger partial charge in [0, 0.05) is 29.1 Å². The van der Waals surface area contributed by atoms with Gasteiger partial charge in [-0.1, -0.05) is 22.0 Å². The monoisotopic (exact) mass is 250 g/mol. The molecule has 0 saturated carbocycles. The Morgan fingerprint density at radius 3 is 2.93 bits per heavy atom. The first kappa shape index (κ1) is 9.34. The summed E-state index contributed by atoms with van der Waals surface area (Å²) in [7, 11) is 0. The molecular weight excluding hydrogens is 240 g/mol. The second kappa shape index (κ2) is 4.33. The molecule has 0 aliphatic heterocycles. The molecule has 0 radical (unpaired) electrons. The molecule has 2 N–H and O–H groups in total. The summed E-state index contributed by atoms with van der Waals surface area (Å²) in [4.78, 5) is 3.03. The van der Waals surface area contributed by atoms with E-state index in [1.807, 2.05) is 24.5 Å². The van der Waals surface area contributed by atoms with Gasteiger partial charge < -0.3 is 10.3 Å². The lowest BCUT2D eigenvalue weighted by atomic mass is 10.3. The molecule has 0 atom stereocenters. The summed E-state index contributed by atoms with van der Waals surface area (Å²) in [5.74, 6) is 0. The van der Waals surface area contributed by atoms with Gasteiger partial charge in [0.25, 0.3) is 0 Å². The molecule has 0 amide bonds. The number of benzene rings is 1. The largest absolute Gasteiger partial charge is 0.381 e. The van der Waals surface area contributed by atoms with Gasteiger partial charge >= 0.3 is 0 Å². The van der Waals surface area contributed by atoms with Crippen molar-refractivity contribution < 1.29 is 0 Å². The molecule has 0 bridgehead atoms. The fourth-order valence-electron chi connectivity index (χ4n) is 1.27. The summed E-state index contributed by atoms with van der Waals surface area (Å²) in [5.41, 5.74) is 2.38. The second-order valence-corrected chi connectivity index (χ2v) is 4.00. The minimum Gasteiger partial charge on any atom is -0.381 e. The Balaban J connectivity index is 1.98. The van der Waals surface area contributed by atoms with Crippen molar-refractivity contribution in [3.05, 3.63) is 52.8 Å². The minimum atomic E-state index is 0.847. The number of nitrogens with one attached hydrogen (secondary N) is 2. The number of aromatic nitrogens is 1. The van der Waals surface area contributed by atoms with E-state index in [2.05, 4.69) is 44.4 Å². The van der Waals surface area contributed by atoms with E-state index in [1.54, 1.807) is 0 Å². The van der Waals surface area contributed by atoms with Crippen molar-refractivity contribution >= 4 is 21.6 Å². The summed E-state index contributed by atoms with van der Waals surface area (Å²) >= 11 is 3.43. The lowest BCUT2D eigenvalue weighted by Crippen LogP contribution is -1.97. The number of hydrogen-bond donors (Lipinski definition) is 2. The predicted molar refractivity (Wildman–Crippen MR) is 62.3 cm³/mol. The van der Waals surface area contributed by atoms with Gasteiger partial charge in [0.15, 0.2) is 0 Å². The molecule has 1 aromatic heterocycles. The zero-order valence-corrected chi connectivity index (χ0v) is 9.21. The van der Waals surface area contributed by atoms with Crippen molar-refractivity contribution in [1.82, 2.24) is 4.98 Å². The van der Waals surface area contributed by atoms with Gasteiger partial charge in [-0.25, -0.2) is 0 Å². The average Bonchev–Trinajstić information content (AvgIpc) is 2.67. The highest BCUT2D eigenvalue weighted by atomic mass is 79.9. The molecule has 0 fully saturated rings. The van der Waals surface area contributed by atoms with E-state index in [9.17, 15) is 0 Å². The third-order valence-electron chi connectivity index (χ3n) is 1.98. The maximum Gasteiger partial charge on any atom is 0.0415 e. The predicted octanol–water partition coefficient (Wildman–Crippen LogP) is 3.39. The van der Waals surface area contributed by atoms with Crippen LogP contribution >= 0.6 is 15.9 Å². The molecule has 2 aromatic rings. The molecule has 1 aromatic carbocycles. The van der Waals surface area contributed by atoms with Crippen LogP contribution in [0, 0.1) is 0 Å². The van der Waals surface area contributed by atoms with Crippen molar-refractivity contribution in [1.29, 1.82) is 0 Å². The lowest BCUT2D eigenvalue weighted by Gasteiger charge is -2.04. The van der Waals surface area contributed by atoms with E-state index >= 15 is 0 Å². The van der Waals surface area contributed by atoms with Gasteiger partial charge in [0.05, 0.1) is 0 Å². The van der Waals surface area contributed by atoms with Crippen molar-refractivity contribution in [2.45, 2.75) is 6.54 Å². The number of halogens is 1. The first-order valence-electron chi connectivity index (χ1n) is 4.46. The van der Waals surface area contributed by atoms with Crippen molar-refractivity contribution in [3.8, 4) is 0 Å². The highest BCUT2D eigenvalue weighted by molar-refractivity contribution is 9.10. The molecule has 0 unspecified atom stereocenters. The van der Waals surface area contributed by atoms with Gasteiger partial charge in [-0.3, -0.25) is 0 Å². The maximum absolute atomic E-state index is 3.43. The Labute approximate surface area is 91.5 Å². The standard InChI is InChI=1S/C11H11BrN2/c12-10-2-1-3-11(6-10)14-8-9-4-5-13-7-9/h1-7,13-14H,8H2. The Bertz CT molecular complexity index is 395. The highest BCUT2D eigenvalue weighted by Crippen LogP contribution is 2.16. The average molecular weight is 251 g/mol. The van der Waals surface area contributed by atoms with E-state index in [4.69, 9.17) is 0 Å². The molecule has 0 aliphatic rings. The van der Waals surface area contributed by atoms with Crippen molar-refractivity contribution in [2.24, 2.45) is 0 Å². The Kier molecular flexibility index (Phi) is 2.89. The van der Waals surface area contributed by atoms with Crippen LogP contribution in [-0.4, -0.2) is 4.98 Å². The van der Waals surface area contributed by atoms with Gasteiger partial charge in [-0.2, -0.15) is 0 Å². The molecule has 3 heteroatoms. The van der Waals surface area contributed by atoms with Crippen LogP contribution in [0.1, 0.15) is 5.56 Å². The van der Waals surface area contributed by atoms with Gasteiger partial charge in [-0.05, 0) is 29.8 Å². The normalized spacial score (nSPS) is 10.1. The molecule has 1 heterocycles. The minimum absolute atomic E-state index is 0.847. The molecule has 0 spiro atoms. The van der Waals surface area contributed by atoms with E-state index in [0.29, 0.717) is 0 Å². The van der Waals surface area contributed by atoms with Gasteiger partial charge in [0.2, 0.25) is 0 Å². The Morgan fingerprint density at radius 1 is 1.29 bits per heavy atom. The van der Waals surface area contributed by atoms with E-state index < -0.39 is 0 Å². The van der Waals surface area contributed by atoms with Crippen LogP contribution in [0.4, 0.5) is 5.69 Å².